The van der Waals surface area contributed by atoms with Crippen molar-refractivity contribution >= 4 is 28.5 Å². The molecule has 1 aliphatic carbocycles. The third kappa shape index (κ3) is 4.48. The number of benzene rings is 3. The van der Waals surface area contributed by atoms with Gasteiger partial charge < -0.3 is 19.9 Å². The fraction of sp³-hybridized carbons (Fsp3) is 0.107. The summed E-state index contributed by atoms with van der Waals surface area (Å²) < 4.78 is 20.7. The molecule has 3 aromatic carbocycles. The minimum atomic E-state index is -1.05. The highest BCUT2D eigenvalue weighted by molar-refractivity contribution is 5.90. The standard InChI is InChI=1S/C28H21FN2O5/c1-15-2-11-20(12-21(15)27(34)35)36-28-30-24-13-22(23(29)14-25(24)31-28)18-7-3-16(4-8-18)17-5-9-19(10-6-17)26(32)33/h2-7,9-14,18H,8H2,1H3,(H,30,31)(H,32,33)(H,34,35). The van der Waals surface area contributed by atoms with Crippen molar-refractivity contribution in [3.05, 3.63) is 106 Å². The molecule has 180 valence electrons. The number of aromatic carboxylic acids is 2. The van der Waals surface area contributed by atoms with Crippen LogP contribution >= 0.6 is 0 Å². The lowest BCUT2D eigenvalue weighted by Crippen LogP contribution is -2.02. The minimum absolute atomic E-state index is 0.131. The molecule has 0 bridgehead atoms. The van der Waals surface area contributed by atoms with Crippen molar-refractivity contribution in [1.82, 2.24) is 9.97 Å². The molecular weight excluding hydrogens is 463 g/mol. The number of imidazole rings is 1. The van der Waals surface area contributed by atoms with Crippen LogP contribution in [0.4, 0.5) is 4.39 Å². The summed E-state index contributed by atoms with van der Waals surface area (Å²) in [5.41, 5.74) is 4.30. The Labute approximate surface area is 205 Å². The molecule has 0 saturated heterocycles. The molecule has 1 heterocycles. The van der Waals surface area contributed by atoms with Crippen LogP contribution in [-0.2, 0) is 0 Å². The Morgan fingerprint density at radius 1 is 1.06 bits per heavy atom. The van der Waals surface area contributed by atoms with E-state index in [0.717, 1.165) is 11.1 Å². The van der Waals surface area contributed by atoms with Crippen LogP contribution in [0.1, 0.15) is 49.7 Å². The molecule has 36 heavy (non-hydrogen) atoms. The van der Waals surface area contributed by atoms with Crippen molar-refractivity contribution < 1.29 is 28.9 Å². The number of aromatic amines is 1. The molecule has 1 aliphatic rings. The number of nitrogens with zero attached hydrogens (tertiary/aromatic N) is 1. The predicted octanol–water partition coefficient (Wildman–Crippen LogP) is 6.33. The number of hydrogen-bond acceptors (Lipinski definition) is 4. The first kappa shape index (κ1) is 23.0. The topological polar surface area (TPSA) is 113 Å². The number of carbonyl (C=O) groups is 2. The van der Waals surface area contributed by atoms with Crippen molar-refractivity contribution in [2.75, 3.05) is 0 Å². The highest BCUT2D eigenvalue weighted by Gasteiger charge is 2.19. The number of hydrogen-bond donors (Lipinski definition) is 3. The SMILES string of the molecule is Cc1ccc(Oc2nc3cc(F)c(C4C=CC(c5ccc(C(=O)O)cc5)=CC4)cc3[nH]2)cc1C(=O)O. The zero-order valence-corrected chi connectivity index (χ0v) is 19.2. The smallest absolute Gasteiger partial charge is 0.336 e. The number of H-pyrrole nitrogens is 1. The van der Waals surface area contributed by atoms with Gasteiger partial charge in [0.25, 0.3) is 6.01 Å². The van der Waals surface area contributed by atoms with E-state index in [0.29, 0.717) is 34.3 Å². The molecule has 7 nitrogen and oxygen atoms in total. The Hall–Kier alpha value is -4.72. The Morgan fingerprint density at radius 2 is 1.83 bits per heavy atom. The minimum Gasteiger partial charge on any atom is -0.478 e. The van der Waals surface area contributed by atoms with Gasteiger partial charge in [-0.15, -0.1) is 0 Å². The summed E-state index contributed by atoms with van der Waals surface area (Å²) in [5.74, 6) is -2.29. The average molecular weight is 484 g/mol. The monoisotopic (exact) mass is 484 g/mol. The Balaban J connectivity index is 1.36. The maximum absolute atomic E-state index is 15.0. The lowest BCUT2D eigenvalue weighted by atomic mass is 9.87. The summed E-state index contributed by atoms with van der Waals surface area (Å²) in [4.78, 5) is 29.8. The zero-order chi connectivity index (χ0) is 25.4. The van der Waals surface area contributed by atoms with Gasteiger partial charge in [0.1, 0.15) is 11.6 Å². The lowest BCUT2D eigenvalue weighted by molar-refractivity contribution is 0.0685. The van der Waals surface area contributed by atoms with Gasteiger partial charge >= 0.3 is 11.9 Å². The molecule has 0 aliphatic heterocycles. The van der Waals surface area contributed by atoms with Crippen LogP contribution in [0, 0.1) is 12.7 Å². The second-order valence-corrected chi connectivity index (χ2v) is 8.56. The number of aromatic nitrogens is 2. The fourth-order valence-electron chi connectivity index (χ4n) is 4.23. The summed E-state index contributed by atoms with van der Waals surface area (Å²) in [5, 5.41) is 18.4. The van der Waals surface area contributed by atoms with E-state index in [-0.39, 0.29) is 28.9 Å². The highest BCUT2D eigenvalue weighted by Crippen LogP contribution is 2.34. The van der Waals surface area contributed by atoms with E-state index < -0.39 is 11.9 Å². The zero-order valence-electron chi connectivity index (χ0n) is 19.2. The Kier molecular flexibility index (Phi) is 5.85. The number of carboxylic acid groups (broad SMARTS) is 2. The molecule has 0 saturated carbocycles. The van der Waals surface area contributed by atoms with Crippen molar-refractivity contribution in [2.45, 2.75) is 19.3 Å². The molecule has 0 radical (unpaired) electrons. The van der Waals surface area contributed by atoms with Crippen molar-refractivity contribution in [3.8, 4) is 11.8 Å². The van der Waals surface area contributed by atoms with Crippen LogP contribution < -0.4 is 4.74 Å². The van der Waals surface area contributed by atoms with Crippen LogP contribution in [-0.4, -0.2) is 32.1 Å². The van der Waals surface area contributed by atoms with Gasteiger partial charge in [-0.25, -0.2) is 14.0 Å². The van der Waals surface area contributed by atoms with Gasteiger partial charge in [-0.1, -0.05) is 36.4 Å². The second-order valence-electron chi connectivity index (χ2n) is 8.56. The molecule has 0 spiro atoms. The van der Waals surface area contributed by atoms with E-state index in [1.54, 1.807) is 49.4 Å². The second kappa shape index (κ2) is 9.14. The van der Waals surface area contributed by atoms with Crippen LogP contribution in [0.5, 0.6) is 11.8 Å². The number of halogens is 1. The summed E-state index contributed by atoms with van der Waals surface area (Å²) in [6, 6.07) is 14.5. The molecular formula is C28H21FN2O5. The van der Waals surface area contributed by atoms with Crippen molar-refractivity contribution in [2.24, 2.45) is 0 Å². The molecule has 1 atom stereocenters. The van der Waals surface area contributed by atoms with E-state index in [1.165, 1.54) is 12.1 Å². The van der Waals surface area contributed by atoms with Crippen molar-refractivity contribution in [3.63, 3.8) is 0 Å². The summed E-state index contributed by atoms with van der Waals surface area (Å²) in [6.45, 7) is 1.70. The van der Waals surface area contributed by atoms with E-state index in [4.69, 9.17) is 9.84 Å². The predicted molar refractivity (Wildman–Crippen MR) is 132 cm³/mol. The molecule has 1 unspecified atom stereocenters. The van der Waals surface area contributed by atoms with Gasteiger partial charge in [-0.05, 0) is 65.9 Å². The van der Waals surface area contributed by atoms with Gasteiger partial charge in [-0.3, -0.25) is 0 Å². The molecule has 5 rings (SSSR count). The van der Waals surface area contributed by atoms with Crippen LogP contribution in [0.2, 0.25) is 0 Å². The summed E-state index contributed by atoms with van der Waals surface area (Å²) in [6.07, 6.45) is 6.42. The van der Waals surface area contributed by atoms with E-state index in [9.17, 15) is 19.1 Å². The third-order valence-corrected chi connectivity index (χ3v) is 6.20. The van der Waals surface area contributed by atoms with Gasteiger partial charge in [0.2, 0.25) is 0 Å². The molecule has 3 N–H and O–H groups in total. The van der Waals surface area contributed by atoms with Gasteiger partial charge in [0.05, 0.1) is 22.2 Å². The van der Waals surface area contributed by atoms with E-state index >= 15 is 0 Å². The van der Waals surface area contributed by atoms with Crippen LogP contribution in [0.3, 0.4) is 0 Å². The quantitative estimate of drug-likeness (QED) is 0.295. The summed E-state index contributed by atoms with van der Waals surface area (Å²) >= 11 is 0. The average Bonchev–Trinajstić information content (AvgIpc) is 3.25. The molecule has 1 aromatic heterocycles. The normalized spacial score (nSPS) is 15.1. The largest absolute Gasteiger partial charge is 0.478 e. The van der Waals surface area contributed by atoms with Crippen LogP contribution in [0.15, 0.2) is 72.8 Å². The molecule has 8 heteroatoms. The fourth-order valence-corrected chi connectivity index (χ4v) is 4.23. The van der Waals surface area contributed by atoms with Gasteiger partial charge in [0.15, 0.2) is 0 Å². The number of carboxylic acids is 2. The van der Waals surface area contributed by atoms with E-state index in [1.807, 2.05) is 18.2 Å². The van der Waals surface area contributed by atoms with E-state index in [2.05, 4.69) is 9.97 Å². The van der Waals surface area contributed by atoms with Crippen LogP contribution in [0.25, 0.3) is 16.6 Å². The maximum Gasteiger partial charge on any atom is 0.336 e. The maximum atomic E-state index is 15.0. The number of fused-ring (bicyclic) bond motifs is 1. The first-order chi connectivity index (χ1) is 17.3. The Morgan fingerprint density at radius 3 is 2.50 bits per heavy atom. The molecule has 4 aromatic rings. The molecule has 0 fully saturated rings. The lowest BCUT2D eigenvalue weighted by Gasteiger charge is -2.17. The molecule has 0 amide bonds. The number of ether oxygens (including phenoxy) is 1. The van der Waals surface area contributed by atoms with Crippen molar-refractivity contribution in [1.29, 1.82) is 0 Å². The van der Waals surface area contributed by atoms with Gasteiger partial charge in [0, 0.05) is 12.0 Å². The Bertz CT molecular complexity index is 1570. The number of allylic oxidation sites excluding steroid dienone is 4. The number of nitrogens with one attached hydrogen (secondary N) is 1. The summed E-state index contributed by atoms with van der Waals surface area (Å²) in [7, 11) is 0. The third-order valence-electron chi connectivity index (χ3n) is 6.20. The number of rotatable bonds is 6. The highest BCUT2D eigenvalue weighted by atomic mass is 19.1. The van der Waals surface area contributed by atoms with Gasteiger partial charge in [-0.2, -0.15) is 4.98 Å². The number of aryl methyl sites for hydroxylation is 1. The first-order valence-electron chi connectivity index (χ1n) is 11.2. The first-order valence-corrected chi connectivity index (χ1v) is 11.2.